The zero-order chi connectivity index (χ0) is 23.9. The molecule has 0 saturated heterocycles. The molecule has 3 aromatic rings. The molecule has 2 aromatic carbocycles. The average Bonchev–Trinajstić information content (AvgIpc) is 3.66. The molecule has 1 unspecified atom stereocenters. The predicted octanol–water partition coefficient (Wildman–Crippen LogP) is 4.51. The number of methoxy groups -OCH3 is 1. The quantitative estimate of drug-likeness (QED) is 0.297. The second-order valence-corrected chi connectivity index (χ2v) is 8.54. The molecule has 1 heterocycles. The van der Waals surface area contributed by atoms with Crippen molar-refractivity contribution < 1.29 is 19.3 Å². The Morgan fingerprint density at radius 1 is 1.18 bits per heavy atom. The Morgan fingerprint density at radius 3 is 2.65 bits per heavy atom. The highest BCUT2D eigenvalue weighted by molar-refractivity contribution is 5.44. The summed E-state index contributed by atoms with van der Waals surface area (Å²) in [6.45, 7) is 7.52. The Hall–Kier alpha value is -3.13. The van der Waals surface area contributed by atoms with Crippen molar-refractivity contribution in [2.24, 2.45) is 0 Å². The highest BCUT2D eigenvalue weighted by atomic mass is 16.5. The van der Waals surface area contributed by atoms with E-state index in [0.29, 0.717) is 37.4 Å². The van der Waals surface area contributed by atoms with E-state index in [0.717, 1.165) is 35.5 Å². The Bertz CT molecular complexity index is 1080. The van der Waals surface area contributed by atoms with Crippen molar-refractivity contribution >= 4 is 0 Å². The molecule has 1 saturated carbocycles. The average molecular weight is 464 g/mol. The maximum Gasteiger partial charge on any atom is 0.227 e. The molecule has 1 aromatic heterocycles. The molecule has 0 radical (unpaired) electrons. The van der Waals surface area contributed by atoms with Gasteiger partial charge in [0.15, 0.2) is 0 Å². The second-order valence-electron chi connectivity index (χ2n) is 8.54. The van der Waals surface area contributed by atoms with Gasteiger partial charge in [0.05, 0.1) is 43.4 Å². The fourth-order valence-electron chi connectivity index (χ4n) is 3.94. The minimum absolute atomic E-state index is 0.282. The number of hydrogen-bond donors (Lipinski definition) is 1. The molecule has 1 aliphatic rings. The van der Waals surface area contributed by atoms with Crippen LogP contribution in [0.1, 0.15) is 24.1 Å². The van der Waals surface area contributed by atoms with Crippen molar-refractivity contribution in [2.45, 2.75) is 38.5 Å². The lowest BCUT2D eigenvalue weighted by atomic mass is 10.2. The topological polar surface area (TPSA) is 69.0 Å². The van der Waals surface area contributed by atoms with E-state index >= 15 is 0 Å². The van der Waals surface area contributed by atoms with Gasteiger partial charge in [-0.3, -0.25) is 4.90 Å². The summed E-state index contributed by atoms with van der Waals surface area (Å²) in [5.41, 5.74) is 2.81. The number of aromatic nitrogens is 2. The van der Waals surface area contributed by atoms with Crippen molar-refractivity contribution in [2.75, 3.05) is 26.9 Å². The molecule has 0 aliphatic heterocycles. The van der Waals surface area contributed by atoms with Crippen molar-refractivity contribution in [1.82, 2.24) is 14.7 Å². The lowest BCUT2D eigenvalue weighted by Crippen LogP contribution is -2.36. The molecule has 1 aliphatic carbocycles. The van der Waals surface area contributed by atoms with Gasteiger partial charge in [0.2, 0.25) is 5.88 Å². The van der Waals surface area contributed by atoms with Crippen LogP contribution in [0.15, 0.2) is 67.3 Å². The SMILES string of the molecule is C=CCOCC(O)CN(Cc1c(C)nn(-c2ccccc2)c1Oc1cccc(OC)c1)C1CC1. The first-order valence-corrected chi connectivity index (χ1v) is 11.7. The van der Waals surface area contributed by atoms with Crippen LogP contribution in [-0.2, 0) is 11.3 Å². The third-order valence-corrected chi connectivity index (χ3v) is 5.81. The smallest absolute Gasteiger partial charge is 0.227 e. The molecule has 180 valence electrons. The van der Waals surface area contributed by atoms with Gasteiger partial charge in [-0.25, -0.2) is 4.68 Å². The van der Waals surface area contributed by atoms with E-state index in [-0.39, 0.29) is 6.61 Å². The maximum atomic E-state index is 10.5. The summed E-state index contributed by atoms with van der Waals surface area (Å²) in [4.78, 5) is 2.31. The summed E-state index contributed by atoms with van der Waals surface area (Å²) < 4.78 is 19.1. The van der Waals surface area contributed by atoms with Crippen molar-refractivity contribution in [1.29, 1.82) is 0 Å². The zero-order valence-corrected chi connectivity index (χ0v) is 19.9. The maximum absolute atomic E-state index is 10.5. The molecule has 0 bridgehead atoms. The third-order valence-electron chi connectivity index (χ3n) is 5.81. The summed E-state index contributed by atoms with van der Waals surface area (Å²) >= 11 is 0. The minimum atomic E-state index is -0.576. The Labute approximate surface area is 201 Å². The molecule has 4 rings (SSSR count). The van der Waals surface area contributed by atoms with Gasteiger partial charge in [0, 0.05) is 25.2 Å². The van der Waals surface area contributed by atoms with E-state index in [1.54, 1.807) is 13.2 Å². The summed E-state index contributed by atoms with van der Waals surface area (Å²) in [5, 5.41) is 15.4. The van der Waals surface area contributed by atoms with Crippen LogP contribution in [0.5, 0.6) is 17.4 Å². The Morgan fingerprint density at radius 2 is 1.94 bits per heavy atom. The zero-order valence-electron chi connectivity index (χ0n) is 19.9. The number of aliphatic hydroxyl groups excluding tert-OH is 1. The van der Waals surface area contributed by atoms with E-state index in [4.69, 9.17) is 19.3 Å². The predicted molar refractivity (Wildman–Crippen MR) is 132 cm³/mol. The number of benzene rings is 2. The fourth-order valence-corrected chi connectivity index (χ4v) is 3.94. The number of nitrogens with zero attached hydrogens (tertiary/aromatic N) is 3. The van der Waals surface area contributed by atoms with Gasteiger partial charge in [-0.1, -0.05) is 30.3 Å². The van der Waals surface area contributed by atoms with E-state index in [1.807, 2.05) is 66.2 Å². The van der Waals surface area contributed by atoms with Gasteiger partial charge in [0.25, 0.3) is 0 Å². The molecular weight excluding hydrogens is 430 g/mol. The summed E-state index contributed by atoms with van der Waals surface area (Å²) in [7, 11) is 1.64. The van der Waals surface area contributed by atoms with Crippen LogP contribution in [0.25, 0.3) is 5.69 Å². The van der Waals surface area contributed by atoms with Gasteiger partial charge in [-0.2, -0.15) is 5.10 Å². The van der Waals surface area contributed by atoms with E-state index in [9.17, 15) is 5.11 Å². The fraction of sp³-hybridized carbons (Fsp3) is 0.370. The number of rotatable bonds is 13. The molecule has 1 N–H and O–H groups in total. The highest BCUT2D eigenvalue weighted by Crippen LogP contribution is 2.35. The van der Waals surface area contributed by atoms with Crippen molar-refractivity contribution in [3.8, 4) is 23.1 Å². The lowest BCUT2D eigenvalue weighted by molar-refractivity contribution is 0.0226. The molecule has 0 spiro atoms. The Balaban J connectivity index is 1.64. The number of aliphatic hydroxyl groups is 1. The first kappa shape index (κ1) is 24.0. The van der Waals surface area contributed by atoms with Crippen LogP contribution in [-0.4, -0.2) is 58.8 Å². The Kier molecular flexibility index (Phi) is 8.00. The van der Waals surface area contributed by atoms with Crippen LogP contribution in [0.3, 0.4) is 0 Å². The van der Waals surface area contributed by atoms with Crippen molar-refractivity contribution in [3.63, 3.8) is 0 Å². The molecule has 7 nitrogen and oxygen atoms in total. The molecule has 34 heavy (non-hydrogen) atoms. The van der Waals surface area contributed by atoms with Crippen LogP contribution >= 0.6 is 0 Å². The summed E-state index contributed by atoms with van der Waals surface area (Å²) in [6.07, 6.45) is 3.36. The van der Waals surface area contributed by atoms with Crippen LogP contribution in [0, 0.1) is 6.92 Å². The van der Waals surface area contributed by atoms with Crippen molar-refractivity contribution in [3.05, 3.63) is 78.5 Å². The number of hydrogen-bond acceptors (Lipinski definition) is 6. The normalized spacial score (nSPS) is 14.2. The molecule has 0 amide bonds. The van der Waals surface area contributed by atoms with E-state index in [2.05, 4.69) is 11.5 Å². The monoisotopic (exact) mass is 463 g/mol. The molecule has 7 heteroatoms. The number of aryl methyl sites for hydroxylation is 1. The first-order valence-electron chi connectivity index (χ1n) is 11.7. The first-order chi connectivity index (χ1) is 16.6. The number of para-hydroxylation sites is 1. The van der Waals surface area contributed by atoms with Gasteiger partial charge in [-0.15, -0.1) is 6.58 Å². The summed E-state index contributed by atoms with van der Waals surface area (Å²) in [5.74, 6) is 2.07. The minimum Gasteiger partial charge on any atom is -0.497 e. The molecule has 1 atom stereocenters. The van der Waals surface area contributed by atoms with Crippen LogP contribution in [0.2, 0.25) is 0 Å². The molecule has 1 fully saturated rings. The second kappa shape index (κ2) is 11.3. The van der Waals surface area contributed by atoms with E-state index in [1.165, 1.54) is 0 Å². The van der Waals surface area contributed by atoms with Gasteiger partial charge < -0.3 is 19.3 Å². The van der Waals surface area contributed by atoms with Crippen LogP contribution in [0.4, 0.5) is 0 Å². The third kappa shape index (κ3) is 6.05. The van der Waals surface area contributed by atoms with Gasteiger partial charge in [0.1, 0.15) is 11.5 Å². The largest absolute Gasteiger partial charge is 0.497 e. The van der Waals surface area contributed by atoms with Crippen LogP contribution < -0.4 is 9.47 Å². The summed E-state index contributed by atoms with van der Waals surface area (Å²) in [6, 6.07) is 18.0. The standard InChI is InChI=1S/C27H33N3O4/c1-4-15-33-19-23(31)17-29(21-13-14-21)18-26-20(2)28-30(22-9-6-5-7-10-22)27(26)34-25-12-8-11-24(16-25)32-3/h4-12,16,21,23,31H,1,13-15,17-19H2,2-3H3. The number of ether oxygens (including phenoxy) is 3. The highest BCUT2D eigenvalue weighted by Gasteiger charge is 2.32. The van der Waals surface area contributed by atoms with E-state index < -0.39 is 6.10 Å². The van der Waals surface area contributed by atoms with Gasteiger partial charge >= 0.3 is 0 Å². The lowest BCUT2D eigenvalue weighted by Gasteiger charge is -2.25. The van der Waals surface area contributed by atoms with Gasteiger partial charge in [-0.05, 0) is 44.0 Å². The molecular formula is C27H33N3O4.